The van der Waals surface area contributed by atoms with E-state index in [0.717, 1.165) is 0 Å². The molecule has 2 aliphatic rings. The Labute approximate surface area is 130 Å². The summed E-state index contributed by atoms with van der Waals surface area (Å²) in [6, 6.07) is 7.11. The predicted molar refractivity (Wildman–Crippen MR) is 82.0 cm³/mol. The van der Waals surface area contributed by atoms with E-state index in [0.29, 0.717) is 24.4 Å². The Morgan fingerprint density at radius 2 is 2.05 bits per heavy atom. The van der Waals surface area contributed by atoms with Gasteiger partial charge in [-0.1, -0.05) is 12.1 Å². The molecule has 2 atom stereocenters. The molecule has 2 heterocycles. The van der Waals surface area contributed by atoms with Crippen LogP contribution in [0, 0.1) is 0 Å². The monoisotopic (exact) mass is 303 g/mol. The van der Waals surface area contributed by atoms with Crippen molar-refractivity contribution in [3.63, 3.8) is 0 Å². The van der Waals surface area contributed by atoms with E-state index in [1.807, 2.05) is 26.0 Å². The number of para-hydroxylation sites is 1. The minimum Gasteiger partial charge on any atom is -0.486 e. The number of hydrogen-bond donors (Lipinski definition) is 1. The van der Waals surface area contributed by atoms with Crippen LogP contribution in [0.25, 0.3) is 0 Å². The molecule has 22 heavy (non-hydrogen) atoms. The summed E-state index contributed by atoms with van der Waals surface area (Å²) < 4.78 is 6.02. The summed E-state index contributed by atoms with van der Waals surface area (Å²) in [4.78, 5) is 28.1. The molecule has 1 N–H and O–H groups in total. The molecule has 0 spiro atoms. The molecule has 1 aromatic carbocycles. The molecular weight excluding hydrogens is 282 g/mol. The van der Waals surface area contributed by atoms with E-state index in [9.17, 15) is 9.59 Å². The number of amides is 3. The third-order valence-electron chi connectivity index (χ3n) is 4.15. The molecule has 6 heteroatoms. The number of urea groups is 1. The van der Waals surface area contributed by atoms with E-state index in [1.165, 1.54) is 0 Å². The first-order valence-electron chi connectivity index (χ1n) is 7.55. The number of carbonyl (C=O) groups is 2. The van der Waals surface area contributed by atoms with Crippen LogP contribution in [-0.2, 0) is 0 Å². The van der Waals surface area contributed by atoms with E-state index in [4.69, 9.17) is 4.74 Å². The van der Waals surface area contributed by atoms with Crippen molar-refractivity contribution in [2.75, 3.05) is 20.1 Å². The van der Waals surface area contributed by atoms with Gasteiger partial charge in [0.25, 0.3) is 5.91 Å². The van der Waals surface area contributed by atoms with Crippen LogP contribution in [-0.4, -0.2) is 60.1 Å². The van der Waals surface area contributed by atoms with E-state index >= 15 is 0 Å². The lowest BCUT2D eigenvalue weighted by atomic mass is 10.1. The van der Waals surface area contributed by atoms with E-state index in [1.54, 1.807) is 29.0 Å². The number of likely N-dealkylation sites (tertiary alicyclic amines) is 1. The molecule has 1 aromatic rings. The van der Waals surface area contributed by atoms with Gasteiger partial charge in [0.2, 0.25) is 0 Å². The highest BCUT2D eigenvalue weighted by atomic mass is 16.5. The average molecular weight is 303 g/mol. The fourth-order valence-electron chi connectivity index (χ4n) is 3.00. The van der Waals surface area contributed by atoms with E-state index in [2.05, 4.69) is 5.32 Å². The first-order chi connectivity index (χ1) is 10.5. The van der Waals surface area contributed by atoms with Gasteiger partial charge in [0.05, 0.1) is 18.2 Å². The maximum absolute atomic E-state index is 12.6. The minimum atomic E-state index is -0.199. The molecule has 0 aromatic heterocycles. The van der Waals surface area contributed by atoms with Crippen molar-refractivity contribution >= 4 is 11.9 Å². The summed E-state index contributed by atoms with van der Waals surface area (Å²) in [5.74, 6) is 0.534. The topological polar surface area (TPSA) is 61.9 Å². The summed E-state index contributed by atoms with van der Waals surface area (Å²) in [7, 11) is 1.77. The second-order valence-electron chi connectivity index (χ2n) is 6.15. The van der Waals surface area contributed by atoms with Crippen LogP contribution >= 0.6 is 0 Å². The second-order valence-corrected chi connectivity index (χ2v) is 6.15. The highest BCUT2D eigenvalue weighted by Gasteiger charge is 2.43. The molecule has 0 saturated carbocycles. The number of nitrogens with one attached hydrogen (secondary N) is 1. The molecule has 3 rings (SSSR count). The Hall–Kier alpha value is -2.24. The fourth-order valence-corrected chi connectivity index (χ4v) is 3.00. The van der Waals surface area contributed by atoms with Gasteiger partial charge in [-0.3, -0.25) is 4.79 Å². The Morgan fingerprint density at radius 1 is 1.32 bits per heavy atom. The SMILES string of the molecule is CC(C)NC(=O)N1CC2Oc3ccccc3C(=O)N(C)C2C1. The van der Waals surface area contributed by atoms with Crippen molar-refractivity contribution in [3.05, 3.63) is 29.8 Å². The van der Waals surface area contributed by atoms with Crippen molar-refractivity contribution < 1.29 is 14.3 Å². The Morgan fingerprint density at radius 3 is 2.77 bits per heavy atom. The molecule has 0 radical (unpaired) electrons. The Bertz CT molecular complexity index is 602. The zero-order valence-corrected chi connectivity index (χ0v) is 13.1. The molecule has 0 aliphatic carbocycles. The molecule has 3 amide bonds. The summed E-state index contributed by atoms with van der Waals surface area (Å²) in [5, 5.41) is 2.88. The largest absolute Gasteiger partial charge is 0.486 e. The Kier molecular flexibility index (Phi) is 3.68. The number of ether oxygens (including phenoxy) is 1. The van der Waals surface area contributed by atoms with Crippen molar-refractivity contribution in [2.24, 2.45) is 0 Å². The first-order valence-corrected chi connectivity index (χ1v) is 7.55. The van der Waals surface area contributed by atoms with E-state index in [-0.39, 0.29) is 30.1 Å². The molecule has 6 nitrogen and oxygen atoms in total. The second kappa shape index (κ2) is 5.51. The zero-order chi connectivity index (χ0) is 15.9. The zero-order valence-electron chi connectivity index (χ0n) is 13.1. The molecule has 2 aliphatic heterocycles. The molecule has 0 bridgehead atoms. The number of likely N-dealkylation sites (N-methyl/N-ethyl adjacent to an activating group) is 1. The van der Waals surface area contributed by atoms with Gasteiger partial charge in [0.15, 0.2) is 0 Å². The third-order valence-corrected chi connectivity index (χ3v) is 4.15. The van der Waals surface area contributed by atoms with Crippen molar-refractivity contribution in [1.29, 1.82) is 0 Å². The summed E-state index contributed by atoms with van der Waals surface area (Å²) in [5.41, 5.74) is 0.581. The summed E-state index contributed by atoms with van der Waals surface area (Å²) in [6.07, 6.45) is -0.199. The average Bonchev–Trinajstić information content (AvgIpc) is 2.86. The molecule has 118 valence electrons. The lowest BCUT2D eigenvalue weighted by Gasteiger charge is -2.25. The number of benzene rings is 1. The predicted octanol–water partition coefficient (Wildman–Crippen LogP) is 1.32. The Balaban J connectivity index is 1.83. The highest BCUT2D eigenvalue weighted by Crippen LogP contribution is 2.30. The first kappa shape index (κ1) is 14.7. The fraction of sp³-hybridized carbons (Fsp3) is 0.500. The third kappa shape index (κ3) is 2.49. The van der Waals surface area contributed by atoms with Crippen LogP contribution in [0.5, 0.6) is 5.75 Å². The van der Waals surface area contributed by atoms with Crippen LogP contribution in [0.3, 0.4) is 0 Å². The number of carbonyl (C=O) groups excluding carboxylic acids is 2. The van der Waals surface area contributed by atoms with Crippen LogP contribution in [0.2, 0.25) is 0 Å². The van der Waals surface area contributed by atoms with Crippen LogP contribution in [0.4, 0.5) is 4.79 Å². The minimum absolute atomic E-state index is 0.0609. The maximum atomic E-state index is 12.6. The van der Waals surface area contributed by atoms with Crippen LogP contribution in [0.1, 0.15) is 24.2 Å². The van der Waals surface area contributed by atoms with Crippen LogP contribution in [0.15, 0.2) is 24.3 Å². The van der Waals surface area contributed by atoms with Gasteiger partial charge >= 0.3 is 6.03 Å². The van der Waals surface area contributed by atoms with Gasteiger partial charge < -0.3 is 19.9 Å². The highest BCUT2D eigenvalue weighted by molar-refractivity contribution is 5.97. The van der Waals surface area contributed by atoms with Gasteiger partial charge in [-0.15, -0.1) is 0 Å². The summed E-state index contributed by atoms with van der Waals surface area (Å²) in [6.45, 7) is 4.82. The van der Waals surface area contributed by atoms with Gasteiger partial charge in [-0.2, -0.15) is 0 Å². The number of nitrogens with zero attached hydrogens (tertiary/aromatic N) is 2. The summed E-state index contributed by atoms with van der Waals surface area (Å²) >= 11 is 0. The number of fused-ring (bicyclic) bond motifs is 2. The van der Waals surface area contributed by atoms with Crippen LogP contribution < -0.4 is 10.1 Å². The van der Waals surface area contributed by atoms with Gasteiger partial charge in [0.1, 0.15) is 11.9 Å². The maximum Gasteiger partial charge on any atom is 0.317 e. The lowest BCUT2D eigenvalue weighted by Crippen LogP contribution is -2.45. The molecule has 1 saturated heterocycles. The standard InChI is InChI=1S/C16H21N3O3/c1-10(2)17-16(21)19-8-12-14(9-19)22-13-7-5-4-6-11(13)15(20)18(12)3/h4-7,10,12,14H,8-9H2,1-3H3,(H,17,21). The van der Waals surface area contributed by atoms with Gasteiger partial charge in [0, 0.05) is 19.6 Å². The lowest BCUT2D eigenvalue weighted by molar-refractivity contribution is 0.0682. The molecule has 2 unspecified atom stereocenters. The van der Waals surface area contributed by atoms with Crippen molar-refractivity contribution in [1.82, 2.24) is 15.1 Å². The molecular formula is C16H21N3O3. The molecule has 1 fully saturated rings. The smallest absolute Gasteiger partial charge is 0.317 e. The van der Waals surface area contributed by atoms with Gasteiger partial charge in [-0.25, -0.2) is 4.79 Å². The normalized spacial score (nSPS) is 23.7. The number of hydrogen-bond acceptors (Lipinski definition) is 3. The quantitative estimate of drug-likeness (QED) is 0.851. The number of rotatable bonds is 1. The van der Waals surface area contributed by atoms with Gasteiger partial charge in [-0.05, 0) is 26.0 Å². The van der Waals surface area contributed by atoms with Crippen molar-refractivity contribution in [2.45, 2.75) is 32.0 Å². The van der Waals surface area contributed by atoms with E-state index < -0.39 is 0 Å². The van der Waals surface area contributed by atoms with Crippen molar-refractivity contribution in [3.8, 4) is 5.75 Å².